The molecule has 2 N–H and O–H groups in total. The highest BCUT2D eigenvalue weighted by Gasteiger charge is 2.15. The zero-order valence-electron chi connectivity index (χ0n) is 14.3. The molecule has 3 aromatic heterocycles. The number of benzene rings is 2. The standard InChI is InChI=1S/C19H12N6O2S/c26-17(12-6-7-14-15(8-12)22-24-21-14)23-25-10-20-18-16(19(25)27)13(9-28-18)11-4-2-1-3-5-11/h1-10H,(H,23,26)(H,21,22,24). The zero-order chi connectivity index (χ0) is 19.1. The van der Waals surface area contributed by atoms with Crippen molar-refractivity contribution in [3.8, 4) is 11.1 Å². The number of nitrogens with one attached hydrogen (secondary N) is 2. The van der Waals surface area contributed by atoms with Crippen molar-refractivity contribution in [3.05, 3.63) is 76.2 Å². The lowest BCUT2D eigenvalue weighted by Crippen LogP contribution is -2.33. The van der Waals surface area contributed by atoms with Crippen LogP contribution in [0, 0.1) is 0 Å². The largest absolute Gasteiger partial charge is 0.281 e. The second kappa shape index (κ2) is 6.39. The monoisotopic (exact) mass is 388 g/mol. The molecule has 28 heavy (non-hydrogen) atoms. The maximum atomic E-state index is 13.0. The molecule has 136 valence electrons. The summed E-state index contributed by atoms with van der Waals surface area (Å²) in [6.07, 6.45) is 1.32. The average Bonchev–Trinajstić information content (AvgIpc) is 3.37. The van der Waals surface area contributed by atoms with E-state index in [0.717, 1.165) is 15.8 Å². The van der Waals surface area contributed by atoms with Crippen LogP contribution in [0.4, 0.5) is 0 Å². The maximum Gasteiger partial charge on any atom is 0.281 e. The first kappa shape index (κ1) is 16.3. The van der Waals surface area contributed by atoms with E-state index in [-0.39, 0.29) is 5.56 Å². The number of carbonyl (C=O) groups excluding carboxylic acids is 1. The predicted octanol–water partition coefficient (Wildman–Crippen LogP) is 2.78. The van der Waals surface area contributed by atoms with Crippen molar-refractivity contribution >= 4 is 38.5 Å². The number of aromatic nitrogens is 5. The van der Waals surface area contributed by atoms with Crippen LogP contribution in [0.1, 0.15) is 10.4 Å². The van der Waals surface area contributed by atoms with Gasteiger partial charge in [0.15, 0.2) is 0 Å². The molecule has 3 heterocycles. The molecular weight excluding hydrogens is 376 g/mol. The molecule has 8 nitrogen and oxygen atoms in total. The van der Waals surface area contributed by atoms with Gasteiger partial charge in [-0.2, -0.15) is 15.4 Å². The van der Waals surface area contributed by atoms with Gasteiger partial charge in [-0.05, 0) is 23.8 Å². The van der Waals surface area contributed by atoms with Crippen LogP contribution in [0.3, 0.4) is 0 Å². The lowest BCUT2D eigenvalue weighted by atomic mass is 10.1. The van der Waals surface area contributed by atoms with Gasteiger partial charge in [0.25, 0.3) is 11.5 Å². The molecule has 0 unspecified atom stereocenters. The van der Waals surface area contributed by atoms with Gasteiger partial charge in [-0.15, -0.1) is 11.3 Å². The maximum absolute atomic E-state index is 13.0. The van der Waals surface area contributed by atoms with Crippen LogP contribution in [-0.2, 0) is 0 Å². The molecule has 5 aromatic rings. The Balaban J connectivity index is 1.55. The Hall–Kier alpha value is -3.85. The van der Waals surface area contributed by atoms with E-state index in [9.17, 15) is 9.59 Å². The number of hydrogen-bond acceptors (Lipinski definition) is 6. The summed E-state index contributed by atoms with van der Waals surface area (Å²) < 4.78 is 1.11. The van der Waals surface area contributed by atoms with Gasteiger partial charge in [0.1, 0.15) is 22.2 Å². The van der Waals surface area contributed by atoms with Crippen LogP contribution >= 0.6 is 11.3 Å². The summed E-state index contributed by atoms with van der Waals surface area (Å²) in [5, 5.41) is 12.8. The fourth-order valence-electron chi connectivity index (χ4n) is 3.00. The van der Waals surface area contributed by atoms with Crippen LogP contribution in [-0.4, -0.2) is 31.0 Å². The van der Waals surface area contributed by atoms with Crippen molar-refractivity contribution in [3.63, 3.8) is 0 Å². The number of rotatable bonds is 3. The third-order valence-corrected chi connectivity index (χ3v) is 5.27. The number of amides is 1. The van der Waals surface area contributed by atoms with Gasteiger partial charge in [0.2, 0.25) is 0 Å². The van der Waals surface area contributed by atoms with Crippen molar-refractivity contribution in [1.82, 2.24) is 25.1 Å². The van der Waals surface area contributed by atoms with E-state index in [0.29, 0.717) is 26.8 Å². The molecular formula is C19H12N6O2S. The summed E-state index contributed by atoms with van der Waals surface area (Å²) in [7, 11) is 0. The first-order valence-corrected chi connectivity index (χ1v) is 9.25. The molecule has 1 amide bonds. The summed E-state index contributed by atoms with van der Waals surface area (Å²) in [6, 6.07) is 14.5. The molecule has 0 saturated carbocycles. The summed E-state index contributed by atoms with van der Waals surface area (Å²) in [4.78, 5) is 30.6. The van der Waals surface area contributed by atoms with E-state index in [1.807, 2.05) is 35.7 Å². The minimum atomic E-state index is -0.440. The van der Waals surface area contributed by atoms with E-state index < -0.39 is 5.91 Å². The molecule has 9 heteroatoms. The number of nitrogens with zero attached hydrogens (tertiary/aromatic N) is 4. The predicted molar refractivity (Wildman–Crippen MR) is 107 cm³/mol. The van der Waals surface area contributed by atoms with Crippen molar-refractivity contribution in [2.45, 2.75) is 0 Å². The Morgan fingerprint density at radius 1 is 1.07 bits per heavy atom. The molecule has 0 aliphatic heterocycles. The highest BCUT2D eigenvalue weighted by Crippen LogP contribution is 2.30. The Labute approximate surface area is 161 Å². The molecule has 0 saturated heterocycles. The van der Waals surface area contributed by atoms with Crippen LogP contribution in [0.2, 0.25) is 0 Å². The van der Waals surface area contributed by atoms with Crippen molar-refractivity contribution in [2.75, 3.05) is 5.43 Å². The molecule has 0 atom stereocenters. The Morgan fingerprint density at radius 2 is 1.89 bits per heavy atom. The molecule has 0 aliphatic carbocycles. The van der Waals surface area contributed by atoms with E-state index in [4.69, 9.17) is 0 Å². The molecule has 0 fully saturated rings. The molecule has 2 aromatic carbocycles. The van der Waals surface area contributed by atoms with E-state index in [1.165, 1.54) is 17.7 Å². The van der Waals surface area contributed by atoms with Gasteiger partial charge in [0.05, 0.1) is 5.39 Å². The van der Waals surface area contributed by atoms with E-state index in [1.54, 1.807) is 18.2 Å². The van der Waals surface area contributed by atoms with Gasteiger partial charge in [-0.25, -0.2) is 9.66 Å². The SMILES string of the molecule is O=C(Nn1cnc2scc(-c3ccccc3)c2c1=O)c1ccc2n[nH]nc2c1. The number of hydrogen-bond donors (Lipinski definition) is 2. The fraction of sp³-hybridized carbons (Fsp3) is 0. The third-order valence-electron chi connectivity index (χ3n) is 4.38. The number of carbonyl (C=O) groups is 1. The molecule has 0 spiro atoms. The third kappa shape index (κ3) is 2.65. The van der Waals surface area contributed by atoms with Crippen molar-refractivity contribution in [1.29, 1.82) is 0 Å². The fourth-order valence-corrected chi connectivity index (χ4v) is 3.90. The second-order valence-electron chi connectivity index (χ2n) is 6.08. The number of thiophene rings is 1. The normalized spacial score (nSPS) is 11.1. The van der Waals surface area contributed by atoms with Crippen molar-refractivity contribution < 1.29 is 4.79 Å². The first-order chi connectivity index (χ1) is 13.7. The smallest absolute Gasteiger partial charge is 0.267 e. The van der Waals surface area contributed by atoms with Crippen LogP contribution in [0.15, 0.2) is 65.0 Å². The van der Waals surface area contributed by atoms with Gasteiger partial charge >= 0.3 is 0 Å². The first-order valence-electron chi connectivity index (χ1n) is 8.37. The van der Waals surface area contributed by atoms with Gasteiger partial charge in [-0.3, -0.25) is 15.0 Å². The van der Waals surface area contributed by atoms with Gasteiger partial charge < -0.3 is 0 Å². The topological polar surface area (TPSA) is 106 Å². The molecule has 0 aliphatic rings. The lowest BCUT2D eigenvalue weighted by molar-refractivity contribution is 0.101. The highest BCUT2D eigenvalue weighted by atomic mass is 32.1. The zero-order valence-corrected chi connectivity index (χ0v) is 15.1. The number of H-pyrrole nitrogens is 1. The summed E-state index contributed by atoms with van der Waals surface area (Å²) in [5.41, 5.74) is 5.57. The second-order valence-corrected chi connectivity index (χ2v) is 6.94. The summed E-state index contributed by atoms with van der Waals surface area (Å²) in [5.74, 6) is -0.440. The summed E-state index contributed by atoms with van der Waals surface area (Å²) in [6.45, 7) is 0. The Morgan fingerprint density at radius 3 is 2.75 bits per heavy atom. The van der Waals surface area contributed by atoms with Gasteiger partial charge in [0, 0.05) is 16.5 Å². The average molecular weight is 388 g/mol. The molecule has 0 bridgehead atoms. The quantitative estimate of drug-likeness (QED) is 0.494. The number of fused-ring (bicyclic) bond motifs is 2. The highest BCUT2D eigenvalue weighted by molar-refractivity contribution is 7.17. The minimum Gasteiger partial charge on any atom is -0.267 e. The van der Waals surface area contributed by atoms with Crippen LogP contribution in [0.5, 0.6) is 0 Å². The molecule has 5 rings (SSSR count). The molecule has 0 radical (unpaired) electrons. The summed E-state index contributed by atoms with van der Waals surface area (Å²) >= 11 is 1.39. The van der Waals surface area contributed by atoms with Gasteiger partial charge in [-0.1, -0.05) is 30.3 Å². The lowest BCUT2D eigenvalue weighted by Gasteiger charge is -2.08. The van der Waals surface area contributed by atoms with Crippen molar-refractivity contribution in [2.24, 2.45) is 0 Å². The van der Waals surface area contributed by atoms with E-state index in [2.05, 4.69) is 25.8 Å². The van der Waals surface area contributed by atoms with Crippen LogP contribution < -0.4 is 11.0 Å². The number of aromatic amines is 1. The Bertz CT molecular complexity index is 1390. The minimum absolute atomic E-state index is 0.332. The van der Waals surface area contributed by atoms with Crippen LogP contribution in [0.25, 0.3) is 32.4 Å². The Kier molecular flexibility index (Phi) is 3.73. The van der Waals surface area contributed by atoms with E-state index >= 15 is 0 Å².